The summed E-state index contributed by atoms with van der Waals surface area (Å²) in [5.74, 6) is 0. The van der Waals surface area contributed by atoms with E-state index in [0.29, 0.717) is 0 Å². The summed E-state index contributed by atoms with van der Waals surface area (Å²) >= 11 is 0. The van der Waals surface area contributed by atoms with E-state index in [-0.39, 0.29) is 0 Å². The van der Waals surface area contributed by atoms with Crippen LogP contribution < -0.4 is 0 Å². The SMILES string of the molecule is CCOCC[N+](CC)(CC)COC. The molecule has 0 aromatic heterocycles. The molecule has 0 aliphatic carbocycles. The van der Waals surface area contributed by atoms with Gasteiger partial charge in [0, 0.05) is 13.7 Å². The lowest BCUT2D eigenvalue weighted by Crippen LogP contribution is -2.51. The van der Waals surface area contributed by atoms with Gasteiger partial charge >= 0.3 is 0 Å². The highest BCUT2D eigenvalue weighted by Gasteiger charge is 2.22. The van der Waals surface area contributed by atoms with E-state index >= 15 is 0 Å². The molecule has 0 saturated carbocycles. The van der Waals surface area contributed by atoms with Crippen LogP contribution in [0.1, 0.15) is 20.8 Å². The molecule has 0 unspecified atom stereocenters. The van der Waals surface area contributed by atoms with Crippen molar-refractivity contribution in [2.24, 2.45) is 0 Å². The third kappa shape index (κ3) is 4.60. The molecule has 0 aromatic carbocycles. The van der Waals surface area contributed by atoms with Crippen LogP contribution in [0.2, 0.25) is 0 Å². The molecule has 0 aliphatic rings. The molecule has 0 fully saturated rings. The molecular formula is C10H24NO2+. The van der Waals surface area contributed by atoms with E-state index in [0.717, 1.165) is 44.1 Å². The minimum absolute atomic E-state index is 0.792. The van der Waals surface area contributed by atoms with Crippen molar-refractivity contribution in [2.45, 2.75) is 20.8 Å². The Kier molecular flexibility index (Phi) is 7.23. The summed E-state index contributed by atoms with van der Waals surface area (Å²) in [7, 11) is 1.76. The smallest absolute Gasteiger partial charge is 0.182 e. The quantitative estimate of drug-likeness (QED) is 0.328. The Morgan fingerprint density at radius 1 is 1.08 bits per heavy atom. The monoisotopic (exact) mass is 190 g/mol. The van der Waals surface area contributed by atoms with Gasteiger partial charge in [-0.2, -0.15) is 0 Å². The number of methoxy groups -OCH3 is 1. The van der Waals surface area contributed by atoms with Gasteiger partial charge in [0.1, 0.15) is 6.54 Å². The maximum atomic E-state index is 5.37. The standard InChI is InChI=1S/C10H24NO2/c1-5-11(6-2,10-12-4)8-9-13-7-3/h5-10H2,1-4H3/q+1. The third-order valence-corrected chi connectivity index (χ3v) is 2.66. The lowest BCUT2D eigenvalue weighted by Gasteiger charge is -2.35. The van der Waals surface area contributed by atoms with Gasteiger partial charge in [0.2, 0.25) is 0 Å². The Morgan fingerprint density at radius 2 is 1.69 bits per heavy atom. The van der Waals surface area contributed by atoms with E-state index in [4.69, 9.17) is 9.47 Å². The molecule has 0 radical (unpaired) electrons. The summed E-state index contributed by atoms with van der Waals surface area (Å²) in [6, 6.07) is 0. The highest BCUT2D eigenvalue weighted by Crippen LogP contribution is 2.05. The Balaban J connectivity index is 3.89. The van der Waals surface area contributed by atoms with E-state index in [1.54, 1.807) is 7.11 Å². The maximum absolute atomic E-state index is 5.37. The number of hydrogen-bond acceptors (Lipinski definition) is 2. The summed E-state index contributed by atoms with van der Waals surface area (Å²) in [6.45, 7) is 12.1. The number of rotatable bonds is 8. The molecule has 3 heteroatoms. The predicted molar refractivity (Wildman–Crippen MR) is 54.6 cm³/mol. The van der Waals surface area contributed by atoms with Crippen molar-refractivity contribution in [3.63, 3.8) is 0 Å². The van der Waals surface area contributed by atoms with E-state index in [2.05, 4.69) is 13.8 Å². The van der Waals surface area contributed by atoms with Crippen LogP contribution in [0.3, 0.4) is 0 Å². The van der Waals surface area contributed by atoms with Crippen molar-refractivity contribution in [1.29, 1.82) is 0 Å². The first-order chi connectivity index (χ1) is 6.24. The summed E-state index contributed by atoms with van der Waals surface area (Å²) in [5.41, 5.74) is 0. The molecule has 0 N–H and O–H groups in total. The molecule has 0 bridgehead atoms. The lowest BCUT2D eigenvalue weighted by atomic mass is 10.4. The second kappa shape index (κ2) is 7.30. The summed E-state index contributed by atoms with van der Waals surface area (Å²) in [5, 5.41) is 0. The van der Waals surface area contributed by atoms with Crippen molar-refractivity contribution in [2.75, 3.05) is 46.7 Å². The minimum Gasteiger partial charge on any atom is -0.376 e. The van der Waals surface area contributed by atoms with E-state index in [1.807, 2.05) is 6.92 Å². The molecule has 0 saturated heterocycles. The fourth-order valence-corrected chi connectivity index (χ4v) is 1.46. The molecule has 0 spiro atoms. The van der Waals surface area contributed by atoms with Crippen LogP contribution in [0.4, 0.5) is 0 Å². The Labute approximate surface area is 82.2 Å². The minimum atomic E-state index is 0.792. The van der Waals surface area contributed by atoms with Gasteiger partial charge in [-0.25, -0.2) is 0 Å². The normalized spacial score (nSPS) is 12.0. The van der Waals surface area contributed by atoms with Crippen LogP contribution in [0.5, 0.6) is 0 Å². The van der Waals surface area contributed by atoms with Gasteiger partial charge in [-0.3, -0.25) is 4.48 Å². The van der Waals surface area contributed by atoms with Crippen molar-refractivity contribution >= 4 is 0 Å². The van der Waals surface area contributed by atoms with Gasteiger partial charge in [0.15, 0.2) is 6.73 Å². The second-order valence-corrected chi connectivity index (χ2v) is 3.31. The average molecular weight is 190 g/mol. The Morgan fingerprint density at radius 3 is 2.08 bits per heavy atom. The highest BCUT2D eigenvalue weighted by molar-refractivity contribution is 4.35. The molecule has 3 nitrogen and oxygen atoms in total. The molecule has 0 heterocycles. The molecule has 0 atom stereocenters. The molecule has 0 amide bonds. The van der Waals surface area contributed by atoms with Gasteiger partial charge in [-0.1, -0.05) is 0 Å². The number of quaternary nitrogens is 1. The molecule has 0 aliphatic heterocycles. The molecule has 13 heavy (non-hydrogen) atoms. The van der Waals surface area contributed by atoms with Gasteiger partial charge in [0.05, 0.1) is 19.7 Å². The van der Waals surface area contributed by atoms with Crippen LogP contribution in [0.15, 0.2) is 0 Å². The first-order valence-electron chi connectivity index (χ1n) is 5.16. The van der Waals surface area contributed by atoms with E-state index < -0.39 is 0 Å². The highest BCUT2D eigenvalue weighted by atomic mass is 16.5. The van der Waals surface area contributed by atoms with Crippen molar-refractivity contribution < 1.29 is 14.0 Å². The topological polar surface area (TPSA) is 18.5 Å². The van der Waals surface area contributed by atoms with Crippen molar-refractivity contribution in [3.8, 4) is 0 Å². The van der Waals surface area contributed by atoms with Crippen molar-refractivity contribution in [1.82, 2.24) is 0 Å². The zero-order chi connectivity index (χ0) is 10.2. The fourth-order valence-electron chi connectivity index (χ4n) is 1.46. The predicted octanol–water partition coefficient (Wildman–Crippen LogP) is 1.48. The number of ether oxygens (including phenoxy) is 2. The fraction of sp³-hybridized carbons (Fsp3) is 1.00. The van der Waals surface area contributed by atoms with Gasteiger partial charge in [0.25, 0.3) is 0 Å². The van der Waals surface area contributed by atoms with Gasteiger partial charge in [-0.05, 0) is 20.8 Å². The molecular weight excluding hydrogens is 166 g/mol. The molecule has 0 aromatic rings. The van der Waals surface area contributed by atoms with E-state index in [1.165, 1.54) is 0 Å². The summed E-state index contributed by atoms with van der Waals surface area (Å²) in [4.78, 5) is 0. The first-order valence-corrected chi connectivity index (χ1v) is 5.16. The third-order valence-electron chi connectivity index (χ3n) is 2.66. The Hall–Kier alpha value is -0.120. The average Bonchev–Trinajstić information content (AvgIpc) is 2.17. The molecule has 0 rings (SSSR count). The second-order valence-electron chi connectivity index (χ2n) is 3.31. The zero-order valence-corrected chi connectivity index (χ0v) is 9.51. The lowest BCUT2D eigenvalue weighted by molar-refractivity contribution is -0.942. The zero-order valence-electron chi connectivity index (χ0n) is 9.51. The van der Waals surface area contributed by atoms with Crippen LogP contribution >= 0.6 is 0 Å². The molecule has 80 valence electrons. The number of nitrogens with zero attached hydrogens (tertiary/aromatic N) is 1. The summed E-state index contributed by atoms with van der Waals surface area (Å²) in [6.07, 6.45) is 0. The summed E-state index contributed by atoms with van der Waals surface area (Å²) < 4.78 is 11.6. The van der Waals surface area contributed by atoms with Gasteiger partial charge < -0.3 is 9.47 Å². The maximum Gasteiger partial charge on any atom is 0.182 e. The van der Waals surface area contributed by atoms with Crippen molar-refractivity contribution in [3.05, 3.63) is 0 Å². The van der Waals surface area contributed by atoms with E-state index in [9.17, 15) is 0 Å². The number of likely N-dealkylation sites (N-methyl/N-ethyl adjacent to an activating group) is 1. The van der Waals surface area contributed by atoms with Gasteiger partial charge in [-0.15, -0.1) is 0 Å². The van der Waals surface area contributed by atoms with Crippen LogP contribution in [-0.4, -0.2) is 51.2 Å². The Bertz CT molecular complexity index is 113. The van der Waals surface area contributed by atoms with Crippen LogP contribution in [0, 0.1) is 0 Å². The largest absolute Gasteiger partial charge is 0.376 e. The number of hydrogen-bond donors (Lipinski definition) is 0. The first kappa shape index (κ1) is 12.9. The van der Waals surface area contributed by atoms with Crippen LogP contribution in [0.25, 0.3) is 0 Å². The van der Waals surface area contributed by atoms with Crippen LogP contribution in [-0.2, 0) is 9.47 Å².